The third-order valence-corrected chi connectivity index (χ3v) is 3.72. The van der Waals surface area contributed by atoms with Crippen LogP contribution in [0.4, 0.5) is 0 Å². The van der Waals surface area contributed by atoms with Crippen molar-refractivity contribution in [3.8, 4) is 0 Å². The highest BCUT2D eigenvalue weighted by Crippen LogP contribution is 2.37. The summed E-state index contributed by atoms with van der Waals surface area (Å²) >= 11 is 0. The lowest BCUT2D eigenvalue weighted by molar-refractivity contribution is -0.142. The van der Waals surface area contributed by atoms with Gasteiger partial charge in [-0.3, -0.25) is 14.9 Å². The van der Waals surface area contributed by atoms with E-state index in [1.54, 1.807) is 0 Å². The van der Waals surface area contributed by atoms with Crippen LogP contribution in [0.3, 0.4) is 0 Å². The van der Waals surface area contributed by atoms with E-state index in [0.29, 0.717) is 6.42 Å². The van der Waals surface area contributed by atoms with E-state index in [2.05, 4.69) is 5.32 Å². The first-order valence-electron chi connectivity index (χ1n) is 5.89. The molecule has 1 aliphatic rings. The molecule has 0 aliphatic carbocycles. The van der Waals surface area contributed by atoms with Gasteiger partial charge in [0.25, 0.3) is 0 Å². The number of imide groups is 1. The third-order valence-electron chi connectivity index (χ3n) is 3.72. The van der Waals surface area contributed by atoms with Crippen LogP contribution < -0.4 is 5.32 Å². The summed E-state index contributed by atoms with van der Waals surface area (Å²) in [6, 6.07) is 10.0. The summed E-state index contributed by atoms with van der Waals surface area (Å²) in [5, 5.41) is 2.39. The van der Waals surface area contributed by atoms with Crippen molar-refractivity contribution in [2.75, 3.05) is 0 Å². The molecule has 2 unspecified atom stereocenters. The molecule has 0 aromatic heterocycles. The molecular formula is C14H17NO2. The Morgan fingerprint density at radius 2 is 1.94 bits per heavy atom. The fraction of sp³-hybridized carbons (Fsp3) is 0.429. The summed E-state index contributed by atoms with van der Waals surface area (Å²) in [6.07, 6.45) is 1.17. The Labute approximate surface area is 101 Å². The minimum Gasteiger partial charge on any atom is -0.296 e. The van der Waals surface area contributed by atoms with E-state index in [1.807, 2.05) is 44.2 Å². The molecule has 1 heterocycles. The highest BCUT2D eigenvalue weighted by atomic mass is 16.2. The molecule has 1 aromatic rings. The van der Waals surface area contributed by atoms with E-state index in [-0.39, 0.29) is 23.1 Å². The van der Waals surface area contributed by atoms with Gasteiger partial charge >= 0.3 is 0 Å². The summed E-state index contributed by atoms with van der Waals surface area (Å²) in [5.74, 6) is -0.452. The van der Waals surface area contributed by atoms with Crippen LogP contribution in [0.5, 0.6) is 0 Å². The second kappa shape index (κ2) is 4.32. The number of rotatable bonds is 2. The smallest absolute Gasteiger partial charge is 0.229 e. The average Bonchev–Trinajstić information content (AvgIpc) is 2.27. The van der Waals surface area contributed by atoms with E-state index in [1.165, 1.54) is 5.56 Å². The zero-order chi connectivity index (χ0) is 12.5. The van der Waals surface area contributed by atoms with Crippen molar-refractivity contribution in [3.05, 3.63) is 35.9 Å². The lowest BCUT2D eigenvalue weighted by atomic mass is 9.69. The number of hydrogen-bond acceptors (Lipinski definition) is 2. The van der Waals surface area contributed by atoms with E-state index in [4.69, 9.17) is 0 Å². The van der Waals surface area contributed by atoms with Gasteiger partial charge in [-0.15, -0.1) is 0 Å². The standard InChI is InChI=1S/C14H17NO2/c1-10-13(17)15-12(16)9-14(10,2)8-11-6-4-3-5-7-11/h3-7,10H,8-9H2,1-2H3,(H,15,16,17). The summed E-state index contributed by atoms with van der Waals surface area (Å²) in [7, 11) is 0. The first-order chi connectivity index (χ1) is 8.01. The normalized spacial score (nSPS) is 28.9. The minimum atomic E-state index is -0.277. The number of amides is 2. The maximum atomic E-state index is 11.7. The van der Waals surface area contributed by atoms with Crippen LogP contribution in [0.2, 0.25) is 0 Å². The van der Waals surface area contributed by atoms with Gasteiger partial charge in [0.2, 0.25) is 11.8 Å². The fourth-order valence-corrected chi connectivity index (χ4v) is 2.40. The second-order valence-corrected chi connectivity index (χ2v) is 5.13. The molecule has 3 nitrogen and oxygen atoms in total. The van der Waals surface area contributed by atoms with Gasteiger partial charge in [-0.25, -0.2) is 0 Å². The number of hydrogen-bond donors (Lipinski definition) is 1. The summed E-state index contributed by atoms with van der Waals surface area (Å²) in [6.45, 7) is 3.91. The van der Waals surface area contributed by atoms with Crippen molar-refractivity contribution in [1.29, 1.82) is 0 Å². The van der Waals surface area contributed by atoms with Gasteiger partial charge in [-0.05, 0) is 17.4 Å². The van der Waals surface area contributed by atoms with Crippen molar-refractivity contribution in [3.63, 3.8) is 0 Å². The van der Waals surface area contributed by atoms with Gasteiger partial charge in [0, 0.05) is 12.3 Å². The van der Waals surface area contributed by atoms with Crippen molar-refractivity contribution < 1.29 is 9.59 Å². The maximum absolute atomic E-state index is 11.7. The molecular weight excluding hydrogens is 214 g/mol. The molecule has 17 heavy (non-hydrogen) atoms. The summed E-state index contributed by atoms with van der Waals surface area (Å²) in [5.41, 5.74) is 0.894. The highest BCUT2D eigenvalue weighted by Gasteiger charge is 2.42. The molecule has 0 saturated carbocycles. The molecule has 3 heteroatoms. The molecule has 1 saturated heterocycles. The number of piperidine rings is 1. The SMILES string of the molecule is CC1C(=O)NC(=O)CC1(C)Cc1ccccc1. The van der Waals surface area contributed by atoms with Crippen molar-refractivity contribution in [2.24, 2.45) is 11.3 Å². The Morgan fingerprint density at radius 1 is 1.29 bits per heavy atom. The van der Waals surface area contributed by atoms with Gasteiger partial charge in [0.1, 0.15) is 0 Å². The predicted octanol–water partition coefficient (Wildman–Crippen LogP) is 1.92. The van der Waals surface area contributed by atoms with Crippen molar-refractivity contribution >= 4 is 11.8 Å². The Bertz CT molecular complexity index is 441. The van der Waals surface area contributed by atoms with E-state index < -0.39 is 0 Å². The minimum absolute atomic E-state index is 0.139. The molecule has 1 N–H and O–H groups in total. The summed E-state index contributed by atoms with van der Waals surface area (Å²) in [4.78, 5) is 23.2. The fourth-order valence-electron chi connectivity index (χ4n) is 2.40. The van der Waals surface area contributed by atoms with Gasteiger partial charge in [0.15, 0.2) is 0 Å². The topological polar surface area (TPSA) is 46.2 Å². The quantitative estimate of drug-likeness (QED) is 0.790. The molecule has 1 aromatic carbocycles. The molecule has 2 atom stereocenters. The van der Waals surface area contributed by atoms with E-state index in [0.717, 1.165) is 6.42 Å². The molecule has 1 aliphatic heterocycles. The van der Waals surface area contributed by atoms with Crippen LogP contribution in [0.15, 0.2) is 30.3 Å². The molecule has 2 amide bonds. The number of benzene rings is 1. The van der Waals surface area contributed by atoms with Gasteiger partial charge in [0.05, 0.1) is 0 Å². The Morgan fingerprint density at radius 3 is 2.59 bits per heavy atom. The molecule has 0 spiro atoms. The molecule has 1 fully saturated rings. The van der Waals surface area contributed by atoms with Crippen LogP contribution in [0, 0.1) is 11.3 Å². The summed E-state index contributed by atoms with van der Waals surface area (Å²) < 4.78 is 0. The first kappa shape index (κ1) is 11.8. The van der Waals surface area contributed by atoms with Crippen LogP contribution in [0.25, 0.3) is 0 Å². The zero-order valence-electron chi connectivity index (χ0n) is 10.2. The average molecular weight is 231 g/mol. The van der Waals surface area contributed by atoms with Crippen LogP contribution in [-0.4, -0.2) is 11.8 Å². The highest BCUT2D eigenvalue weighted by molar-refractivity contribution is 5.99. The Hall–Kier alpha value is -1.64. The monoisotopic (exact) mass is 231 g/mol. The second-order valence-electron chi connectivity index (χ2n) is 5.13. The Balaban J connectivity index is 2.22. The molecule has 0 bridgehead atoms. The number of carbonyl (C=O) groups is 2. The van der Waals surface area contributed by atoms with Crippen LogP contribution in [0.1, 0.15) is 25.8 Å². The first-order valence-corrected chi connectivity index (χ1v) is 5.89. The maximum Gasteiger partial charge on any atom is 0.229 e. The molecule has 0 radical (unpaired) electrons. The third kappa shape index (κ3) is 2.38. The van der Waals surface area contributed by atoms with Crippen LogP contribution in [-0.2, 0) is 16.0 Å². The Kier molecular flexibility index (Phi) is 3.01. The van der Waals surface area contributed by atoms with Gasteiger partial charge in [-0.1, -0.05) is 44.2 Å². The van der Waals surface area contributed by atoms with Crippen molar-refractivity contribution in [1.82, 2.24) is 5.32 Å². The van der Waals surface area contributed by atoms with Crippen LogP contribution >= 0.6 is 0 Å². The van der Waals surface area contributed by atoms with Gasteiger partial charge < -0.3 is 0 Å². The van der Waals surface area contributed by atoms with E-state index >= 15 is 0 Å². The molecule has 2 rings (SSSR count). The number of nitrogens with one attached hydrogen (secondary N) is 1. The zero-order valence-corrected chi connectivity index (χ0v) is 10.2. The number of carbonyl (C=O) groups excluding carboxylic acids is 2. The van der Waals surface area contributed by atoms with Crippen molar-refractivity contribution in [2.45, 2.75) is 26.7 Å². The lowest BCUT2D eigenvalue weighted by Gasteiger charge is -2.38. The largest absolute Gasteiger partial charge is 0.296 e. The molecule has 90 valence electrons. The lowest BCUT2D eigenvalue weighted by Crippen LogP contribution is -2.50. The van der Waals surface area contributed by atoms with Gasteiger partial charge in [-0.2, -0.15) is 0 Å². The van der Waals surface area contributed by atoms with E-state index in [9.17, 15) is 9.59 Å². The predicted molar refractivity (Wildman–Crippen MR) is 65.2 cm³/mol.